The maximum Gasteiger partial charge on any atom is 0.324 e. The third-order valence-corrected chi connectivity index (χ3v) is 4.99. The van der Waals surface area contributed by atoms with Crippen molar-refractivity contribution in [1.82, 2.24) is 9.78 Å². The van der Waals surface area contributed by atoms with Crippen LogP contribution in [0.1, 0.15) is 5.56 Å². The second-order valence-corrected chi connectivity index (χ2v) is 7.07. The molecule has 28 heavy (non-hydrogen) atoms. The molecule has 2 amide bonds. The molecule has 5 nitrogen and oxygen atoms in total. The SMILES string of the molecule is O=C(Nc1ccn(Cc2ccc(Cl)c(Cl)c2)n1)Nc1cccc2ccccc12. The summed E-state index contributed by atoms with van der Waals surface area (Å²) >= 11 is 12.0. The van der Waals surface area contributed by atoms with Crippen molar-refractivity contribution < 1.29 is 4.79 Å². The molecule has 0 spiro atoms. The molecule has 2 N–H and O–H groups in total. The number of amides is 2. The topological polar surface area (TPSA) is 59.0 Å². The van der Waals surface area contributed by atoms with Gasteiger partial charge >= 0.3 is 6.03 Å². The summed E-state index contributed by atoms with van der Waals surface area (Å²) in [5.74, 6) is 0.456. The lowest BCUT2D eigenvalue weighted by molar-refractivity contribution is 0.262. The Morgan fingerprint density at radius 1 is 0.929 bits per heavy atom. The number of nitrogens with one attached hydrogen (secondary N) is 2. The van der Waals surface area contributed by atoms with Gasteiger partial charge in [-0.2, -0.15) is 5.10 Å². The molecule has 0 aliphatic carbocycles. The average molecular weight is 411 g/mol. The van der Waals surface area contributed by atoms with Crippen molar-refractivity contribution in [2.24, 2.45) is 0 Å². The van der Waals surface area contributed by atoms with Crippen LogP contribution in [-0.2, 0) is 6.54 Å². The maximum atomic E-state index is 12.4. The molecule has 3 aromatic carbocycles. The highest BCUT2D eigenvalue weighted by Crippen LogP contribution is 2.24. The van der Waals surface area contributed by atoms with E-state index in [1.807, 2.05) is 48.5 Å². The maximum absolute atomic E-state index is 12.4. The molecular formula is C21H16Cl2N4O. The Morgan fingerprint density at radius 3 is 2.61 bits per heavy atom. The lowest BCUT2D eigenvalue weighted by Gasteiger charge is -2.09. The van der Waals surface area contributed by atoms with Crippen molar-refractivity contribution >= 4 is 51.5 Å². The number of aromatic nitrogens is 2. The summed E-state index contributed by atoms with van der Waals surface area (Å²) in [7, 11) is 0. The number of carbonyl (C=O) groups is 1. The summed E-state index contributed by atoms with van der Waals surface area (Å²) in [5.41, 5.74) is 1.70. The van der Waals surface area contributed by atoms with Gasteiger partial charge in [-0.05, 0) is 29.1 Å². The van der Waals surface area contributed by atoms with Crippen LogP contribution < -0.4 is 10.6 Å². The first-order valence-corrected chi connectivity index (χ1v) is 9.37. The molecule has 0 fully saturated rings. The molecule has 7 heteroatoms. The number of fused-ring (bicyclic) bond motifs is 1. The van der Waals surface area contributed by atoms with Gasteiger partial charge < -0.3 is 5.32 Å². The fourth-order valence-corrected chi connectivity index (χ4v) is 3.27. The normalized spacial score (nSPS) is 10.8. The van der Waals surface area contributed by atoms with Crippen LogP contribution in [0.3, 0.4) is 0 Å². The fraction of sp³-hybridized carbons (Fsp3) is 0.0476. The van der Waals surface area contributed by atoms with Gasteiger partial charge in [0.25, 0.3) is 0 Å². The molecule has 4 aromatic rings. The zero-order valence-corrected chi connectivity index (χ0v) is 16.2. The number of hydrogen-bond donors (Lipinski definition) is 2. The van der Waals surface area contributed by atoms with E-state index in [2.05, 4.69) is 15.7 Å². The van der Waals surface area contributed by atoms with Crippen molar-refractivity contribution in [3.63, 3.8) is 0 Å². The van der Waals surface area contributed by atoms with Gasteiger partial charge in [-0.3, -0.25) is 10.00 Å². The van der Waals surface area contributed by atoms with E-state index in [1.54, 1.807) is 29.1 Å². The van der Waals surface area contributed by atoms with Crippen LogP contribution in [0.4, 0.5) is 16.3 Å². The molecule has 0 aliphatic rings. The molecule has 1 aromatic heterocycles. The summed E-state index contributed by atoms with van der Waals surface area (Å²) in [6.07, 6.45) is 1.79. The Kier molecular flexibility index (Phi) is 5.19. The Hall–Kier alpha value is -3.02. The Balaban J connectivity index is 1.43. The predicted octanol–water partition coefficient (Wildman–Crippen LogP) is 6.04. The molecule has 4 rings (SSSR count). The molecule has 0 bridgehead atoms. The first kappa shape index (κ1) is 18.3. The Bertz CT molecular complexity index is 1150. The van der Waals surface area contributed by atoms with Gasteiger partial charge in [-0.1, -0.05) is 65.7 Å². The first-order chi connectivity index (χ1) is 13.6. The number of halogens is 2. The predicted molar refractivity (Wildman–Crippen MR) is 114 cm³/mol. The molecule has 0 aliphatic heterocycles. The van der Waals surface area contributed by atoms with Crippen LogP contribution in [0.5, 0.6) is 0 Å². The highest BCUT2D eigenvalue weighted by Gasteiger charge is 2.08. The molecule has 0 saturated carbocycles. The van der Waals surface area contributed by atoms with Crippen LogP contribution in [-0.4, -0.2) is 15.8 Å². The van der Waals surface area contributed by atoms with Crippen LogP contribution in [0.25, 0.3) is 10.8 Å². The molecule has 0 radical (unpaired) electrons. The molecular weight excluding hydrogens is 395 g/mol. The second-order valence-electron chi connectivity index (χ2n) is 6.25. The minimum Gasteiger partial charge on any atom is -0.307 e. The summed E-state index contributed by atoms with van der Waals surface area (Å²) < 4.78 is 1.72. The fourth-order valence-electron chi connectivity index (χ4n) is 2.95. The Morgan fingerprint density at radius 2 is 1.75 bits per heavy atom. The average Bonchev–Trinajstić information content (AvgIpc) is 3.11. The standard InChI is InChI=1S/C21H16Cl2N4O/c22-17-9-8-14(12-18(17)23)13-27-11-10-20(26-27)25-21(28)24-19-7-3-5-15-4-1-2-6-16(15)19/h1-12H,13H2,(H2,24,25,26,28). The van der Waals surface area contributed by atoms with Gasteiger partial charge in [0.15, 0.2) is 5.82 Å². The largest absolute Gasteiger partial charge is 0.324 e. The quantitative estimate of drug-likeness (QED) is 0.431. The third kappa shape index (κ3) is 4.11. The van der Waals surface area contributed by atoms with E-state index in [0.717, 1.165) is 22.0 Å². The molecule has 0 saturated heterocycles. The smallest absolute Gasteiger partial charge is 0.307 e. The van der Waals surface area contributed by atoms with E-state index in [4.69, 9.17) is 23.2 Å². The third-order valence-electron chi connectivity index (χ3n) is 4.25. The van der Waals surface area contributed by atoms with Crippen molar-refractivity contribution in [1.29, 1.82) is 0 Å². The number of hydrogen-bond acceptors (Lipinski definition) is 2. The summed E-state index contributed by atoms with van der Waals surface area (Å²) in [4.78, 5) is 12.4. The number of nitrogens with zero attached hydrogens (tertiary/aromatic N) is 2. The van der Waals surface area contributed by atoms with E-state index in [-0.39, 0.29) is 6.03 Å². The molecule has 1 heterocycles. The van der Waals surface area contributed by atoms with E-state index < -0.39 is 0 Å². The summed E-state index contributed by atoms with van der Waals surface area (Å²) in [5, 5.41) is 13.0. The highest BCUT2D eigenvalue weighted by molar-refractivity contribution is 6.42. The van der Waals surface area contributed by atoms with Crippen LogP contribution in [0, 0.1) is 0 Å². The van der Waals surface area contributed by atoms with Crippen LogP contribution in [0.2, 0.25) is 10.0 Å². The van der Waals surface area contributed by atoms with Crippen LogP contribution >= 0.6 is 23.2 Å². The zero-order chi connectivity index (χ0) is 19.5. The summed E-state index contributed by atoms with van der Waals surface area (Å²) in [6, 6.07) is 20.5. The van der Waals surface area contributed by atoms with Gasteiger partial charge in [0.2, 0.25) is 0 Å². The number of carbonyl (C=O) groups excluding carboxylic acids is 1. The van der Waals surface area contributed by atoms with Gasteiger partial charge in [-0.25, -0.2) is 4.79 Å². The van der Waals surface area contributed by atoms with Gasteiger partial charge in [0.05, 0.1) is 22.3 Å². The van der Waals surface area contributed by atoms with E-state index in [1.165, 1.54) is 0 Å². The minimum atomic E-state index is -0.351. The lowest BCUT2D eigenvalue weighted by Crippen LogP contribution is -2.20. The highest BCUT2D eigenvalue weighted by atomic mass is 35.5. The number of urea groups is 1. The number of anilines is 2. The van der Waals surface area contributed by atoms with E-state index >= 15 is 0 Å². The van der Waals surface area contributed by atoms with Gasteiger partial charge in [0, 0.05) is 17.6 Å². The molecule has 0 unspecified atom stereocenters. The monoisotopic (exact) mass is 410 g/mol. The second kappa shape index (κ2) is 7.92. The lowest BCUT2D eigenvalue weighted by atomic mass is 10.1. The van der Waals surface area contributed by atoms with Gasteiger partial charge in [0.1, 0.15) is 0 Å². The summed E-state index contributed by atoms with van der Waals surface area (Å²) in [6.45, 7) is 0.517. The van der Waals surface area contributed by atoms with Crippen molar-refractivity contribution in [3.8, 4) is 0 Å². The molecule has 140 valence electrons. The van der Waals surface area contributed by atoms with Crippen LogP contribution in [0.15, 0.2) is 72.9 Å². The number of rotatable bonds is 4. The number of benzene rings is 3. The van der Waals surface area contributed by atoms with Crippen molar-refractivity contribution in [3.05, 3.63) is 88.5 Å². The zero-order valence-electron chi connectivity index (χ0n) is 14.7. The first-order valence-electron chi connectivity index (χ1n) is 8.62. The molecule has 0 atom stereocenters. The van der Waals surface area contributed by atoms with E-state index in [9.17, 15) is 4.79 Å². The minimum absolute atomic E-state index is 0.351. The van der Waals surface area contributed by atoms with Gasteiger partial charge in [-0.15, -0.1) is 0 Å². The van der Waals surface area contributed by atoms with Crippen molar-refractivity contribution in [2.45, 2.75) is 6.54 Å². The van der Waals surface area contributed by atoms with Crippen molar-refractivity contribution in [2.75, 3.05) is 10.6 Å². The Labute approximate surface area is 171 Å². The van der Waals surface area contributed by atoms with E-state index in [0.29, 0.717) is 22.4 Å².